The molecule has 3 aromatic rings. The minimum Gasteiger partial charge on any atom is -0.326 e. The molecule has 0 radical (unpaired) electrons. The maximum absolute atomic E-state index is 13.4. The first kappa shape index (κ1) is 22.4. The Hall–Kier alpha value is -3.79. The van der Waals surface area contributed by atoms with E-state index >= 15 is 0 Å². The second-order valence-electron chi connectivity index (χ2n) is 8.04. The van der Waals surface area contributed by atoms with Gasteiger partial charge in [0.05, 0.1) is 12.1 Å². The molecular formula is C23H24N5O4S+. The average Bonchev–Trinajstić information content (AvgIpc) is 3.21. The lowest BCUT2D eigenvalue weighted by molar-refractivity contribution is -0.746. The molecule has 10 heteroatoms. The number of benzene rings is 2. The Kier molecular flexibility index (Phi) is 6.10. The zero-order chi connectivity index (χ0) is 23.7. The van der Waals surface area contributed by atoms with E-state index in [0.29, 0.717) is 11.4 Å². The second kappa shape index (κ2) is 8.99. The molecule has 0 aliphatic carbocycles. The molecule has 2 heterocycles. The Morgan fingerprint density at radius 3 is 2.27 bits per heavy atom. The van der Waals surface area contributed by atoms with E-state index in [4.69, 9.17) is 16.7 Å². The molecule has 9 nitrogen and oxygen atoms in total. The van der Waals surface area contributed by atoms with Crippen molar-refractivity contribution in [3.8, 4) is 0 Å². The molecule has 1 aromatic heterocycles. The van der Waals surface area contributed by atoms with Gasteiger partial charge in [0.25, 0.3) is 5.91 Å². The van der Waals surface area contributed by atoms with Crippen molar-refractivity contribution in [2.75, 3.05) is 10.2 Å². The molecule has 0 bridgehead atoms. The van der Waals surface area contributed by atoms with E-state index in [2.05, 4.69) is 10.6 Å². The lowest BCUT2D eigenvalue weighted by Gasteiger charge is -2.21. The van der Waals surface area contributed by atoms with Crippen molar-refractivity contribution in [3.05, 3.63) is 75.8 Å². The average molecular weight is 467 g/mol. The maximum atomic E-state index is 13.4. The van der Waals surface area contributed by atoms with Crippen LogP contribution in [0.25, 0.3) is 0 Å². The molecule has 0 spiro atoms. The van der Waals surface area contributed by atoms with Gasteiger partial charge in [0.15, 0.2) is 12.2 Å². The van der Waals surface area contributed by atoms with Gasteiger partial charge in [-0.1, -0.05) is 40.1 Å². The van der Waals surface area contributed by atoms with Crippen LogP contribution < -0.4 is 20.5 Å². The van der Waals surface area contributed by atoms with Crippen LogP contribution in [0.5, 0.6) is 0 Å². The number of thiocarbonyl (C=S) groups is 1. The van der Waals surface area contributed by atoms with Crippen LogP contribution in [0.2, 0.25) is 0 Å². The summed E-state index contributed by atoms with van der Waals surface area (Å²) in [5.74, 6) is -0.660. The number of aromatic amines is 1. The van der Waals surface area contributed by atoms with Crippen molar-refractivity contribution in [3.63, 3.8) is 0 Å². The second-order valence-corrected chi connectivity index (χ2v) is 8.41. The normalized spacial score (nSPS) is 15.9. The molecule has 1 saturated heterocycles. The Balaban J connectivity index is 1.63. The van der Waals surface area contributed by atoms with E-state index < -0.39 is 11.7 Å². The number of aromatic nitrogens is 2. The standard InChI is InChI=1S/C23H23N5O4S/c1-14-4-8-16(9-5-14)24-20(29)12-18-21(30)28(17-10-6-15(2)7-11-17)23(33)27(18)13-19-22(31)32-25-26(19)3/h4-11,18H,12-13H2,1-3H3,(H-,24,25,29,31)/p+1. The lowest BCUT2D eigenvalue weighted by Crippen LogP contribution is -2.44. The Morgan fingerprint density at radius 1 is 1.09 bits per heavy atom. The molecule has 1 fully saturated rings. The van der Waals surface area contributed by atoms with Gasteiger partial charge in [-0.3, -0.25) is 19.0 Å². The summed E-state index contributed by atoms with van der Waals surface area (Å²) in [7, 11) is 1.62. The summed E-state index contributed by atoms with van der Waals surface area (Å²) in [4.78, 5) is 41.4. The third-order valence-electron chi connectivity index (χ3n) is 5.56. The van der Waals surface area contributed by atoms with E-state index in [1.165, 1.54) is 9.58 Å². The van der Waals surface area contributed by atoms with Gasteiger partial charge < -0.3 is 10.2 Å². The van der Waals surface area contributed by atoms with Crippen LogP contribution in [0, 0.1) is 13.8 Å². The summed E-state index contributed by atoms with van der Waals surface area (Å²) in [6, 6.07) is 13.9. The fourth-order valence-corrected chi connectivity index (χ4v) is 4.05. The molecule has 1 aliphatic rings. The summed E-state index contributed by atoms with van der Waals surface area (Å²) in [5.41, 5.74) is 3.07. The van der Waals surface area contributed by atoms with Crippen LogP contribution in [0.3, 0.4) is 0 Å². The monoisotopic (exact) mass is 466 g/mol. The minimum atomic E-state index is -0.876. The molecule has 33 heavy (non-hydrogen) atoms. The highest BCUT2D eigenvalue weighted by Crippen LogP contribution is 2.28. The van der Waals surface area contributed by atoms with Crippen LogP contribution in [0.1, 0.15) is 23.2 Å². The van der Waals surface area contributed by atoms with Gasteiger partial charge in [0.2, 0.25) is 5.91 Å². The first-order valence-electron chi connectivity index (χ1n) is 10.4. The molecule has 2 aromatic carbocycles. The predicted molar refractivity (Wildman–Crippen MR) is 126 cm³/mol. The van der Waals surface area contributed by atoms with Crippen LogP contribution >= 0.6 is 12.2 Å². The first-order valence-corrected chi connectivity index (χ1v) is 10.8. The third kappa shape index (κ3) is 4.56. The zero-order valence-electron chi connectivity index (χ0n) is 18.5. The van der Waals surface area contributed by atoms with Gasteiger partial charge >= 0.3 is 11.3 Å². The number of anilines is 2. The maximum Gasteiger partial charge on any atom is 0.431 e. The number of hydrogen-bond acceptors (Lipinski definition) is 5. The highest BCUT2D eigenvalue weighted by molar-refractivity contribution is 7.80. The van der Waals surface area contributed by atoms with Gasteiger partial charge in [0, 0.05) is 5.69 Å². The van der Waals surface area contributed by atoms with Gasteiger partial charge in [-0.2, -0.15) is 0 Å². The molecule has 2 N–H and O–H groups in total. The molecule has 4 rings (SSSR count). The zero-order valence-corrected chi connectivity index (χ0v) is 19.3. The van der Waals surface area contributed by atoms with Gasteiger partial charge in [-0.15, -0.1) is 0 Å². The van der Waals surface area contributed by atoms with Gasteiger partial charge in [0.1, 0.15) is 12.6 Å². The van der Waals surface area contributed by atoms with Gasteiger partial charge in [-0.25, -0.2) is 4.79 Å². The van der Waals surface area contributed by atoms with E-state index in [0.717, 1.165) is 11.1 Å². The molecular weight excluding hydrogens is 442 g/mol. The Bertz CT molecular complexity index is 1260. The number of hydrogen-bond donors (Lipinski definition) is 2. The number of amides is 2. The summed E-state index contributed by atoms with van der Waals surface area (Å²) in [5, 5.41) is 5.50. The summed E-state index contributed by atoms with van der Waals surface area (Å²) < 4.78 is 6.26. The quantitative estimate of drug-likeness (QED) is 0.425. The molecule has 1 atom stereocenters. The van der Waals surface area contributed by atoms with E-state index in [1.807, 2.05) is 38.1 Å². The number of aryl methyl sites for hydroxylation is 3. The topological polar surface area (TPSA) is 103 Å². The summed E-state index contributed by atoms with van der Waals surface area (Å²) >= 11 is 5.63. The van der Waals surface area contributed by atoms with Crippen molar-refractivity contribution in [1.82, 2.24) is 10.2 Å². The molecule has 2 amide bonds. The van der Waals surface area contributed by atoms with Crippen LogP contribution in [-0.4, -0.2) is 33.1 Å². The van der Waals surface area contributed by atoms with E-state index in [-0.39, 0.29) is 35.6 Å². The number of H-pyrrole nitrogens is 1. The summed E-state index contributed by atoms with van der Waals surface area (Å²) in [6.07, 6.45) is -0.130. The predicted octanol–water partition coefficient (Wildman–Crippen LogP) is 1.94. The highest BCUT2D eigenvalue weighted by atomic mass is 32.1. The molecule has 1 unspecified atom stereocenters. The third-order valence-corrected chi connectivity index (χ3v) is 5.98. The molecule has 170 valence electrons. The minimum absolute atomic E-state index is 0.0117. The van der Waals surface area contributed by atoms with Crippen molar-refractivity contribution < 1.29 is 18.8 Å². The molecule has 0 saturated carbocycles. The fourth-order valence-electron chi connectivity index (χ4n) is 3.66. The first-order chi connectivity index (χ1) is 15.7. The summed E-state index contributed by atoms with van der Waals surface area (Å²) in [6.45, 7) is 3.92. The highest BCUT2D eigenvalue weighted by Gasteiger charge is 2.45. The van der Waals surface area contributed by atoms with Crippen LogP contribution in [0.4, 0.5) is 11.4 Å². The van der Waals surface area contributed by atoms with Crippen molar-refractivity contribution in [1.29, 1.82) is 0 Å². The number of nitrogens with zero attached hydrogens (tertiary/aromatic N) is 3. The van der Waals surface area contributed by atoms with Gasteiger partial charge in [-0.05, 0) is 55.6 Å². The van der Waals surface area contributed by atoms with E-state index in [1.54, 1.807) is 36.2 Å². The smallest absolute Gasteiger partial charge is 0.326 e. The number of nitrogens with one attached hydrogen (secondary N) is 2. The Labute approximate surface area is 195 Å². The van der Waals surface area contributed by atoms with Crippen molar-refractivity contribution >= 4 is 40.5 Å². The largest absolute Gasteiger partial charge is 0.431 e. The van der Waals surface area contributed by atoms with Crippen LogP contribution in [0.15, 0.2) is 57.8 Å². The van der Waals surface area contributed by atoms with Crippen LogP contribution in [-0.2, 0) is 23.2 Å². The number of rotatable bonds is 6. The lowest BCUT2D eigenvalue weighted by atomic mass is 10.1. The fraction of sp³-hybridized carbons (Fsp3) is 0.261. The van der Waals surface area contributed by atoms with Crippen molar-refractivity contribution in [2.24, 2.45) is 7.05 Å². The van der Waals surface area contributed by atoms with Crippen molar-refractivity contribution in [2.45, 2.75) is 32.9 Å². The number of carbonyl (C=O) groups is 2. The van der Waals surface area contributed by atoms with E-state index in [9.17, 15) is 14.4 Å². The number of carbonyl (C=O) groups excluding carboxylic acids is 2. The Morgan fingerprint density at radius 2 is 1.70 bits per heavy atom. The molecule has 1 aliphatic heterocycles. The SMILES string of the molecule is Cc1ccc(NC(=O)CC2C(=O)N(c3ccc(C)cc3)C(=S)N2Cc2c(=O)o[nH][n+]2C)cc1.